The topological polar surface area (TPSA) is 42.4 Å². The maximum absolute atomic E-state index is 11.5. The van der Waals surface area contributed by atoms with Gasteiger partial charge < -0.3 is 9.64 Å². The van der Waals surface area contributed by atoms with Crippen LogP contribution in [0.1, 0.15) is 20.3 Å². The minimum atomic E-state index is -0.217. The largest absolute Gasteiger partial charge is 0.465 e. The zero-order chi connectivity index (χ0) is 12.7. The van der Waals surface area contributed by atoms with Crippen molar-refractivity contribution in [3.63, 3.8) is 0 Å². The molecule has 94 valence electrons. The van der Waals surface area contributed by atoms with Crippen molar-refractivity contribution in [2.24, 2.45) is 0 Å². The first-order valence-electron chi connectivity index (χ1n) is 5.69. The molecule has 4 nitrogen and oxygen atoms in total. The van der Waals surface area contributed by atoms with Crippen LogP contribution in [0.4, 0.5) is 5.82 Å². The molecule has 0 atom stereocenters. The van der Waals surface area contributed by atoms with Crippen LogP contribution in [0, 0.1) is 0 Å². The molecule has 0 aromatic carbocycles. The molecule has 0 aliphatic carbocycles. The number of hydrogen-bond donors (Lipinski definition) is 0. The molecule has 1 rings (SSSR count). The molecule has 1 heterocycles. The molecule has 1 aromatic heterocycles. The first-order valence-corrected chi connectivity index (χ1v) is 6.48. The molecule has 0 amide bonds. The molecule has 0 aliphatic heterocycles. The zero-order valence-corrected chi connectivity index (χ0v) is 11.7. The molecule has 0 fully saturated rings. The highest BCUT2D eigenvalue weighted by Gasteiger charge is 2.12. The molecule has 0 spiro atoms. The number of rotatable bonds is 6. The van der Waals surface area contributed by atoms with E-state index in [4.69, 9.17) is 4.74 Å². The molecule has 17 heavy (non-hydrogen) atoms. The van der Waals surface area contributed by atoms with Gasteiger partial charge in [-0.25, -0.2) is 4.98 Å². The average Bonchev–Trinajstić information content (AvgIpc) is 2.30. The van der Waals surface area contributed by atoms with Crippen LogP contribution in [0.5, 0.6) is 0 Å². The summed E-state index contributed by atoms with van der Waals surface area (Å²) < 4.78 is 5.87. The van der Waals surface area contributed by atoms with Gasteiger partial charge in [0, 0.05) is 17.2 Å². The van der Waals surface area contributed by atoms with Crippen LogP contribution in [0.3, 0.4) is 0 Å². The second-order valence-corrected chi connectivity index (χ2v) is 4.48. The fourth-order valence-corrected chi connectivity index (χ4v) is 1.70. The number of pyridine rings is 1. The van der Waals surface area contributed by atoms with Crippen LogP contribution < -0.4 is 4.90 Å². The summed E-state index contributed by atoms with van der Waals surface area (Å²) in [5.41, 5.74) is 0. The van der Waals surface area contributed by atoms with Crippen molar-refractivity contribution >= 4 is 27.7 Å². The fraction of sp³-hybridized carbons (Fsp3) is 0.500. The summed E-state index contributed by atoms with van der Waals surface area (Å²) in [6.07, 6.45) is 2.68. The second-order valence-electron chi connectivity index (χ2n) is 3.56. The number of aromatic nitrogens is 1. The van der Waals surface area contributed by atoms with Crippen LogP contribution in [0.2, 0.25) is 0 Å². The van der Waals surface area contributed by atoms with Gasteiger partial charge in [0.1, 0.15) is 12.4 Å². The Morgan fingerprint density at radius 1 is 1.47 bits per heavy atom. The quantitative estimate of drug-likeness (QED) is 0.758. The Balaban J connectivity index is 2.71. The third-order valence-corrected chi connectivity index (χ3v) is 2.62. The van der Waals surface area contributed by atoms with Crippen LogP contribution in [-0.2, 0) is 9.53 Å². The van der Waals surface area contributed by atoms with E-state index in [0.29, 0.717) is 6.61 Å². The van der Waals surface area contributed by atoms with Gasteiger partial charge in [-0.1, -0.05) is 6.92 Å². The van der Waals surface area contributed by atoms with Gasteiger partial charge >= 0.3 is 5.97 Å². The number of anilines is 1. The van der Waals surface area contributed by atoms with Gasteiger partial charge in [0.15, 0.2) is 0 Å². The monoisotopic (exact) mass is 300 g/mol. The van der Waals surface area contributed by atoms with E-state index < -0.39 is 0 Å². The second kappa shape index (κ2) is 7.27. The van der Waals surface area contributed by atoms with Gasteiger partial charge in [-0.2, -0.15) is 0 Å². The normalized spacial score (nSPS) is 10.1. The molecular formula is C12H17BrN2O2. The summed E-state index contributed by atoms with van der Waals surface area (Å²) in [6, 6.07) is 3.80. The highest BCUT2D eigenvalue weighted by atomic mass is 79.9. The molecular weight excluding hydrogens is 284 g/mol. The number of ether oxygens (including phenoxy) is 1. The molecule has 0 radical (unpaired) electrons. The molecule has 0 bridgehead atoms. The van der Waals surface area contributed by atoms with Crippen LogP contribution in [0.15, 0.2) is 22.8 Å². The Labute approximate surface area is 110 Å². The molecule has 0 aliphatic rings. The molecule has 5 heteroatoms. The first-order chi connectivity index (χ1) is 8.17. The highest BCUT2D eigenvalue weighted by molar-refractivity contribution is 9.10. The minimum absolute atomic E-state index is 0.217. The summed E-state index contributed by atoms with van der Waals surface area (Å²) >= 11 is 3.34. The van der Waals surface area contributed by atoms with Gasteiger partial charge in [-0.3, -0.25) is 4.79 Å². The van der Waals surface area contributed by atoms with Gasteiger partial charge in [0.05, 0.1) is 6.61 Å². The first kappa shape index (κ1) is 14.0. The van der Waals surface area contributed by atoms with Crippen molar-refractivity contribution < 1.29 is 9.53 Å². The third-order valence-electron chi connectivity index (χ3n) is 2.15. The van der Waals surface area contributed by atoms with E-state index in [0.717, 1.165) is 23.3 Å². The van der Waals surface area contributed by atoms with Gasteiger partial charge in [-0.05, 0) is 41.4 Å². The Kier molecular flexibility index (Phi) is 5.97. The Morgan fingerprint density at radius 2 is 2.24 bits per heavy atom. The van der Waals surface area contributed by atoms with E-state index >= 15 is 0 Å². The Morgan fingerprint density at radius 3 is 2.76 bits per heavy atom. The lowest BCUT2D eigenvalue weighted by atomic mass is 10.3. The van der Waals surface area contributed by atoms with Crippen molar-refractivity contribution in [3.8, 4) is 0 Å². The molecule has 0 saturated heterocycles. The van der Waals surface area contributed by atoms with Crippen molar-refractivity contribution in [2.45, 2.75) is 20.3 Å². The summed E-state index contributed by atoms with van der Waals surface area (Å²) in [5, 5.41) is 0. The highest BCUT2D eigenvalue weighted by Crippen LogP contribution is 2.15. The summed E-state index contributed by atoms with van der Waals surface area (Å²) in [7, 11) is 0. The minimum Gasteiger partial charge on any atom is -0.465 e. The van der Waals surface area contributed by atoms with E-state index in [9.17, 15) is 4.79 Å². The van der Waals surface area contributed by atoms with E-state index in [1.54, 1.807) is 13.1 Å². The predicted octanol–water partition coefficient (Wildman–Crippen LogP) is 2.62. The summed E-state index contributed by atoms with van der Waals surface area (Å²) in [5.74, 6) is 0.578. The standard InChI is InChI=1S/C12H17BrN2O2/c1-3-7-15(9-12(16)17-4-2)11-6-5-10(13)8-14-11/h5-6,8H,3-4,7,9H2,1-2H3. The molecule has 1 aromatic rings. The fourth-order valence-electron chi connectivity index (χ4n) is 1.46. The van der Waals surface area contributed by atoms with E-state index in [2.05, 4.69) is 27.8 Å². The molecule has 0 unspecified atom stereocenters. The summed E-state index contributed by atoms with van der Waals surface area (Å²) in [4.78, 5) is 17.7. The number of nitrogens with zero attached hydrogens (tertiary/aromatic N) is 2. The van der Waals surface area contributed by atoms with Gasteiger partial charge in [-0.15, -0.1) is 0 Å². The number of carbonyl (C=O) groups excluding carboxylic acids is 1. The number of esters is 1. The van der Waals surface area contributed by atoms with E-state index in [1.165, 1.54) is 0 Å². The Bertz CT molecular complexity index is 354. The lowest BCUT2D eigenvalue weighted by Crippen LogP contribution is -2.32. The molecule has 0 N–H and O–H groups in total. The smallest absolute Gasteiger partial charge is 0.325 e. The number of hydrogen-bond acceptors (Lipinski definition) is 4. The third kappa shape index (κ3) is 4.73. The van der Waals surface area contributed by atoms with Gasteiger partial charge in [0.25, 0.3) is 0 Å². The van der Waals surface area contributed by atoms with Crippen molar-refractivity contribution in [1.29, 1.82) is 0 Å². The summed E-state index contributed by atoms with van der Waals surface area (Å²) in [6.45, 7) is 5.31. The van der Waals surface area contributed by atoms with Crippen LogP contribution in [0.25, 0.3) is 0 Å². The van der Waals surface area contributed by atoms with Crippen molar-refractivity contribution in [1.82, 2.24) is 4.98 Å². The number of carbonyl (C=O) groups is 1. The Hall–Kier alpha value is -1.10. The van der Waals surface area contributed by atoms with Gasteiger partial charge in [0.2, 0.25) is 0 Å². The zero-order valence-electron chi connectivity index (χ0n) is 10.1. The van der Waals surface area contributed by atoms with Crippen LogP contribution >= 0.6 is 15.9 Å². The maximum atomic E-state index is 11.5. The lowest BCUT2D eigenvalue weighted by Gasteiger charge is -2.21. The average molecular weight is 301 g/mol. The lowest BCUT2D eigenvalue weighted by molar-refractivity contribution is -0.141. The molecule has 0 saturated carbocycles. The van der Waals surface area contributed by atoms with E-state index in [1.807, 2.05) is 17.0 Å². The number of halogens is 1. The van der Waals surface area contributed by atoms with Crippen molar-refractivity contribution in [3.05, 3.63) is 22.8 Å². The maximum Gasteiger partial charge on any atom is 0.325 e. The SMILES string of the molecule is CCCN(CC(=O)OCC)c1ccc(Br)cn1. The van der Waals surface area contributed by atoms with E-state index in [-0.39, 0.29) is 12.5 Å². The van der Waals surface area contributed by atoms with Crippen molar-refractivity contribution in [2.75, 3.05) is 24.6 Å². The predicted molar refractivity (Wildman–Crippen MR) is 71.1 cm³/mol. The van der Waals surface area contributed by atoms with Crippen LogP contribution in [-0.4, -0.2) is 30.6 Å².